The molecule has 1 N–H and O–H groups in total. The van der Waals surface area contributed by atoms with Gasteiger partial charge in [0.15, 0.2) is 0 Å². The van der Waals surface area contributed by atoms with Crippen LogP contribution in [0.15, 0.2) is 48.5 Å². The van der Waals surface area contributed by atoms with Gasteiger partial charge in [-0.05, 0) is 23.8 Å². The van der Waals surface area contributed by atoms with E-state index in [1.807, 2.05) is 18.2 Å². The number of carboxylic acids is 1. The van der Waals surface area contributed by atoms with Crippen molar-refractivity contribution < 1.29 is 9.90 Å². The zero-order valence-electron chi connectivity index (χ0n) is 10.9. The lowest BCUT2D eigenvalue weighted by atomic mass is 10.0. The molecule has 100 valence electrons. The maximum Gasteiger partial charge on any atom is 0.335 e. The van der Waals surface area contributed by atoms with E-state index in [-0.39, 0.29) is 5.92 Å². The number of hydrogen-bond acceptors (Lipinski definition) is 3. The predicted molar refractivity (Wildman–Crippen MR) is 80.5 cm³/mol. The van der Waals surface area contributed by atoms with Crippen LogP contribution in [0.5, 0.6) is 0 Å². The van der Waals surface area contributed by atoms with Gasteiger partial charge in [-0.3, -0.25) is 0 Å². The number of nitrogens with zero attached hydrogens (tertiary/aromatic N) is 1. The van der Waals surface area contributed by atoms with Gasteiger partial charge in [-0.25, -0.2) is 9.78 Å². The van der Waals surface area contributed by atoms with Gasteiger partial charge in [-0.2, -0.15) is 0 Å². The molecular formula is C16H13NO2S. The first kappa shape index (κ1) is 12.8. The van der Waals surface area contributed by atoms with Crippen molar-refractivity contribution in [3.05, 3.63) is 64.7 Å². The van der Waals surface area contributed by atoms with Gasteiger partial charge in [0.2, 0.25) is 0 Å². The van der Waals surface area contributed by atoms with E-state index in [2.05, 4.69) is 24.0 Å². The highest BCUT2D eigenvalue weighted by Gasteiger charge is 2.14. The number of carbonyl (C=O) groups is 1. The zero-order chi connectivity index (χ0) is 14.1. The van der Waals surface area contributed by atoms with E-state index >= 15 is 0 Å². The summed E-state index contributed by atoms with van der Waals surface area (Å²) >= 11 is 1.56. The molecule has 0 saturated heterocycles. The number of rotatable bonds is 3. The molecule has 3 nitrogen and oxygen atoms in total. The van der Waals surface area contributed by atoms with Gasteiger partial charge in [0.25, 0.3) is 0 Å². The summed E-state index contributed by atoms with van der Waals surface area (Å²) in [5.74, 6) is -0.695. The molecule has 1 unspecified atom stereocenters. The summed E-state index contributed by atoms with van der Waals surface area (Å²) < 4.78 is 0.919. The van der Waals surface area contributed by atoms with Crippen LogP contribution in [-0.2, 0) is 0 Å². The summed E-state index contributed by atoms with van der Waals surface area (Å²) in [7, 11) is 0. The fourth-order valence-electron chi connectivity index (χ4n) is 2.14. The van der Waals surface area contributed by atoms with Crippen LogP contribution >= 0.6 is 11.3 Å². The van der Waals surface area contributed by atoms with Crippen LogP contribution < -0.4 is 0 Å². The highest BCUT2D eigenvalue weighted by molar-refractivity contribution is 7.18. The first-order chi connectivity index (χ1) is 9.65. The van der Waals surface area contributed by atoms with E-state index in [1.54, 1.807) is 29.5 Å². The molecule has 2 aromatic carbocycles. The number of aromatic nitrogens is 1. The van der Waals surface area contributed by atoms with Crippen LogP contribution in [0.4, 0.5) is 0 Å². The lowest BCUT2D eigenvalue weighted by Crippen LogP contribution is -1.94. The van der Waals surface area contributed by atoms with Gasteiger partial charge in [0.1, 0.15) is 5.01 Å². The Balaban J connectivity index is 2.03. The van der Waals surface area contributed by atoms with Crippen molar-refractivity contribution in [2.75, 3.05) is 0 Å². The summed E-state index contributed by atoms with van der Waals surface area (Å²) in [6.45, 7) is 2.12. The van der Waals surface area contributed by atoms with Crippen LogP contribution in [0.1, 0.15) is 33.8 Å². The van der Waals surface area contributed by atoms with Crippen molar-refractivity contribution in [1.29, 1.82) is 0 Å². The fraction of sp³-hybridized carbons (Fsp3) is 0.125. The van der Waals surface area contributed by atoms with Crippen LogP contribution in [0.25, 0.3) is 10.2 Å². The average molecular weight is 283 g/mol. The van der Waals surface area contributed by atoms with Gasteiger partial charge in [-0.1, -0.05) is 37.3 Å². The Kier molecular flexibility index (Phi) is 3.24. The molecule has 0 amide bonds. The van der Waals surface area contributed by atoms with Crippen LogP contribution in [-0.4, -0.2) is 16.1 Å². The number of thiazole rings is 1. The Bertz CT molecular complexity index is 765. The summed E-state index contributed by atoms with van der Waals surface area (Å²) in [6.07, 6.45) is 0. The molecule has 0 aliphatic carbocycles. The first-order valence-corrected chi connectivity index (χ1v) is 7.15. The minimum absolute atomic E-state index is 0.210. The lowest BCUT2D eigenvalue weighted by molar-refractivity contribution is 0.0697. The highest BCUT2D eigenvalue weighted by Crippen LogP contribution is 2.31. The normalized spacial score (nSPS) is 12.4. The maximum atomic E-state index is 11.0. The minimum Gasteiger partial charge on any atom is -0.478 e. The molecule has 0 saturated carbocycles. The number of carboxylic acid groups (broad SMARTS) is 1. The Morgan fingerprint density at radius 3 is 2.65 bits per heavy atom. The minimum atomic E-state index is -0.905. The molecule has 1 aromatic heterocycles. The first-order valence-electron chi connectivity index (χ1n) is 6.34. The molecule has 3 aromatic rings. The van der Waals surface area contributed by atoms with E-state index in [0.717, 1.165) is 15.2 Å². The molecule has 0 radical (unpaired) electrons. The van der Waals surface area contributed by atoms with Gasteiger partial charge >= 0.3 is 5.97 Å². The van der Waals surface area contributed by atoms with Crippen molar-refractivity contribution in [3.63, 3.8) is 0 Å². The Morgan fingerprint density at radius 1 is 1.20 bits per heavy atom. The summed E-state index contributed by atoms with van der Waals surface area (Å²) in [5, 5.41) is 10.0. The monoisotopic (exact) mass is 283 g/mol. The second-order valence-electron chi connectivity index (χ2n) is 4.67. The molecule has 1 heterocycles. The molecule has 3 rings (SSSR count). The third-order valence-corrected chi connectivity index (χ3v) is 4.52. The molecule has 0 aliphatic rings. The van der Waals surface area contributed by atoms with Crippen molar-refractivity contribution >= 4 is 27.5 Å². The van der Waals surface area contributed by atoms with Crippen LogP contribution in [0, 0.1) is 0 Å². The molecule has 20 heavy (non-hydrogen) atoms. The van der Waals surface area contributed by atoms with Gasteiger partial charge in [0, 0.05) is 5.92 Å². The number of fused-ring (bicyclic) bond motifs is 1. The lowest BCUT2D eigenvalue weighted by Gasteiger charge is -2.07. The van der Waals surface area contributed by atoms with E-state index in [1.165, 1.54) is 5.56 Å². The second kappa shape index (κ2) is 5.06. The zero-order valence-corrected chi connectivity index (χ0v) is 11.7. The molecule has 4 heteroatoms. The molecule has 0 bridgehead atoms. The third kappa shape index (κ3) is 2.30. The highest BCUT2D eigenvalue weighted by atomic mass is 32.1. The number of hydrogen-bond donors (Lipinski definition) is 1. The van der Waals surface area contributed by atoms with Crippen LogP contribution in [0.2, 0.25) is 0 Å². The van der Waals surface area contributed by atoms with Crippen LogP contribution in [0.3, 0.4) is 0 Å². The van der Waals surface area contributed by atoms with Crippen molar-refractivity contribution in [1.82, 2.24) is 4.98 Å². The topological polar surface area (TPSA) is 50.2 Å². The average Bonchev–Trinajstić information content (AvgIpc) is 2.90. The number of aromatic carboxylic acids is 1. The van der Waals surface area contributed by atoms with Crippen molar-refractivity contribution in [2.24, 2.45) is 0 Å². The molecule has 0 fully saturated rings. The maximum absolute atomic E-state index is 11.0. The molecular weight excluding hydrogens is 270 g/mol. The largest absolute Gasteiger partial charge is 0.478 e. The number of benzene rings is 2. The van der Waals surface area contributed by atoms with E-state index < -0.39 is 5.97 Å². The smallest absolute Gasteiger partial charge is 0.335 e. The second-order valence-corrected chi connectivity index (χ2v) is 5.73. The molecule has 0 aliphatic heterocycles. The third-order valence-electron chi connectivity index (χ3n) is 3.32. The van der Waals surface area contributed by atoms with Gasteiger partial charge in [-0.15, -0.1) is 11.3 Å². The Hall–Kier alpha value is -2.20. The summed E-state index contributed by atoms with van der Waals surface area (Å²) in [4.78, 5) is 15.6. The van der Waals surface area contributed by atoms with E-state index in [4.69, 9.17) is 5.11 Å². The van der Waals surface area contributed by atoms with Crippen molar-refractivity contribution in [3.8, 4) is 0 Å². The van der Waals surface area contributed by atoms with E-state index in [0.29, 0.717) is 5.56 Å². The van der Waals surface area contributed by atoms with Crippen molar-refractivity contribution in [2.45, 2.75) is 12.8 Å². The molecule has 0 spiro atoms. The Labute approximate surface area is 120 Å². The van der Waals surface area contributed by atoms with Gasteiger partial charge < -0.3 is 5.11 Å². The Morgan fingerprint density at radius 2 is 1.95 bits per heavy atom. The summed E-state index contributed by atoms with van der Waals surface area (Å²) in [6, 6.07) is 15.3. The summed E-state index contributed by atoms with van der Waals surface area (Å²) in [5.41, 5.74) is 2.38. The standard InChI is InChI=1S/C16H13NO2S/c1-10(11-5-3-2-4-6-11)15-17-13-8-7-12(16(18)19)9-14(13)20-15/h2-10H,1H3,(H,18,19). The predicted octanol–water partition coefficient (Wildman–Crippen LogP) is 4.15. The fourth-order valence-corrected chi connectivity index (χ4v) is 3.23. The van der Waals surface area contributed by atoms with Gasteiger partial charge in [0.05, 0.1) is 15.8 Å². The SMILES string of the molecule is CC(c1ccccc1)c1nc2ccc(C(=O)O)cc2s1. The van der Waals surface area contributed by atoms with E-state index in [9.17, 15) is 4.79 Å². The molecule has 1 atom stereocenters. The quantitative estimate of drug-likeness (QED) is 0.785.